The van der Waals surface area contributed by atoms with Crippen LogP contribution < -0.4 is 5.73 Å². The number of benzene rings is 1. The molecule has 24 heavy (non-hydrogen) atoms. The normalized spacial score (nSPS) is 21.5. The molecule has 0 aromatic heterocycles. The van der Waals surface area contributed by atoms with E-state index < -0.39 is 26.4 Å². The van der Waals surface area contributed by atoms with E-state index in [-0.39, 0.29) is 16.5 Å². The zero-order valence-corrected chi connectivity index (χ0v) is 14.5. The Balaban J connectivity index is 2.45. The molecule has 1 aromatic rings. The molecule has 1 amide bonds. The van der Waals surface area contributed by atoms with Crippen LogP contribution in [0, 0.1) is 16.0 Å². The van der Waals surface area contributed by atoms with Crippen molar-refractivity contribution in [3.8, 4) is 0 Å². The van der Waals surface area contributed by atoms with Gasteiger partial charge >= 0.3 is 0 Å². The van der Waals surface area contributed by atoms with Crippen molar-refractivity contribution in [2.24, 2.45) is 11.7 Å². The average molecular weight is 355 g/mol. The number of piperidine rings is 1. The third-order valence-corrected chi connectivity index (χ3v) is 5.38. The predicted octanol–water partition coefficient (Wildman–Crippen LogP) is 1.20. The summed E-state index contributed by atoms with van der Waals surface area (Å²) >= 11 is 0. The van der Waals surface area contributed by atoms with Gasteiger partial charge in [0.05, 0.1) is 9.82 Å². The fourth-order valence-corrected chi connectivity index (χ4v) is 3.61. The monoisotopic (exact) mass is 355 g/mol. The highest BCUT2D eigenvalue weighted by molar-refractivity contribution is 7.90. The maximum atomic E-state index is 12.8. The molecule has 2 unspecified atom stereocenters. The molecule has 9 heteroatoms. The molecule has 132 valence electrons. The summed E-state index contributed by atoms with van der Waals surface area (Å²) in [5, 5.41) is 11.1. The van der Waals surface area contributed by atoms with Gasteiger partial charge in [-0.1, -0.05) is 6.92 Å². The van der Waals surface area contributed by atoms with E-state index in [0.717, 1.165) is 31.2 Å². The number of sulfone groups is 1. The van der Waals surface area contributed by atoms with Crippen LogP contribution >= 0.6 is 0 Å². The topological polar surface area (TPSA) is 124 Å². The second-order valence-corrected chi connectivity index (χ2v) is 8.28. The van der Waals surface area contributed by atoms with Gasteiger partial charge in [-0.2, -0.15) is 0 Å². The minimum absolute atomic E-state index is 0.00220. The molecule has 1 heterocycles. The Bertz CT molecular complexity index is 762. The van der Waals surface area contributed by atoms with Crippen LogP contribution in [-0.4, -0.2) is 49.5 Å². The number of carbonyl (C=O) groups is 1. The predicted molar refractivity (Wildman–Crippen MR) is 88.5 cm³/mol. The largest absolute Gasteiger partial charge is 0.334 e. The first-order valence-corrected chi connectivity index (χ1v) is 9.53. The number of non-ortho nitro benzene ring substituents is 1. The second-order valence-electron chi connectivity index (χ2n) is 6.26. The van der Waals surface area contributed by atoms with E-state index in [1.165, 1.54) is 6.07 Å². The van der Waals surface area contributed by atoms with Crippen LogP contribution in [0.1, 0.15) is 30.1 Å². The molecule has 1 aliphatic rings. The molecule has 1 aromatic carbocycles. The fraction of sp³-hybridized carbons (Fsp3) is 0.533. The lowest BCUT2D eigenvalue weighted by atomic mass is 9.92. The molecule has 1 aliphatic heterocycles. The van der Waals surface area contributed by atoms with Gasteiger partial charge in [0, 0.05) is 43.1 Å². The van der Waals surface area contributed by atoms with E-state index in [1.54, 1.807) is 4.90 Å². The third kappa shape index (κ3) is 3.90. The van der Waals surface area contributed by atoms with Crippen LogP contribution in [0.15, 0.2) is 23.1 Å². The molecule has 0 radical (unpaired) electrons. The Labute approximate surface area is 140 Å². The van der Waals surface area contributed by atoms with Gasteiger partial charge < -0.3 is 10.6 Å². The molecule has 8 nitrogen and oxygen atoms in total. The van der Waals surface area contributed by atoms with Gasteiger partial charge in [0.1, 0.15) is 0 Å². The lowest BCUT2D eigenvalue weighted by molar-refractivity contribution is -0.385. The van der Waals surface area contributed by atoms with E-state index >= 15 is 0 Å². The quantitative estimate of drug-likeness (QED) is 0.639. The Kier molecular flexibility index (Phi) is 5.24. The van der Waals surface area contributed by atoms with Crippen molar-refractivity contribution in [2.45, 2.75) is 30.7 Å². The lowest BCUT2D eigenvalue weighted by Gasteiger charge is -2.38. The number of hydrogen-bond acceptors (Lipinski definition) is 6. The van der Waals surface area contributed by atoms with Crippen LogP contribution in [-0.2, 0) is 9.84 Å². The van der Waals surface area contributed by atoms with E-state index in [4.69, 9.17) is 5.73 Å². The molecule has 0 aliphatic carbocycles. The van der Waals surface area contributed by atoms with Gasteiger partial charge in [0.2, 0.25) is 0 Å². The number of rotatable bonds is 4. The number of nitro benzene ring substituents is 1. The summed E-state index contributed by atoms with van der Waals surface area (Å²) < 4.78 is 23.5. The van der Waals surface area contributed by atoms with E-state index in [2.05, 4.69) is 6.92 Å². The molecule has 1 fully saturated rings. The van der Waals surface area contributed by atoms with Gasteiger partial charge in [-0.25, -0.2) is 8.42 Å². The summed E-state index contributed by atoms with van der Waals surface area (Å²) in [6.45, 7) is 2.88. The van der Waals surface area contributed by atoms with Crippen LogP contribution in [0.25, 0.3) is 0 Å². The molecule has 2 atom stereocenters. The summed E-state index contributed by atoms with van der Waals surface area (Å²) in [6.07, 6.45) is 2.53. The first-order valence-electron chi connectivity index (χ1n) is 7.64. The highest BCUT2D eigenvalue weighted by Crippen LogP contribution is 2.26. The number of carbonyl (C=O) groups excluding carboxylic acids is 1. The third-order valence-electron chi connectivity index (χ3n) is 4.29. The molecule has 0 saturated carbocycles. The zero-order chi connectivity index (χ0) is 18.1. The standard InChI is InChI=1S/C15H21N3O5S/c1-10-3-4-17(13(5-10)9-16)15(19)11-6-12(18(20)21)8-14(7-11)24(2,22)23/h6-8,10,13H,3-5,9,16H2,1-2H3. The molecule has 0 spiro atoms. The maximum Gasteiger partial charge on any atom is 0.271 e. The van der Waals surface area contributed by atoms with Gasteiger partial charge in [0.25, 0.3) is 11.6 Å². The highest BCUT2D eigenvalue weighted by Gasteiger charge is 2.31. The fourth-order valence-electron chi connectivity index (χ4n) is 2.93. The molecule has 1 saturated heterocycles. The van der Waals surface area contributed by atoms with Gasteiger partial charge in [-0.05, 0) is 24.8 Å². The summed E-state index contributed by atoms with van der Waals surface area (Å²) in [5.41, 5.74) is 5.33. The zero-order valence-electron chi connectivity index (χ0n) is 13.6. The number of nitro groups is 1. The minimum Gasteiger partial charge on any atom is -0.334 e. The summed E-state index contributed by atoms with van der Waals surface area (Å²) in [5.74, 6) is 0.0187. The van der Waals surface area contributed by atoms with E-state index in [0.29, 0.717) is 19.0 Å². The van der Waals surface area contributed by atoms with Crippen molar-refractivity contribution in [2.75, 3.05) is 19.3 Å². The van der Waals surface area contributed by atoms with Gasteiger partial charge in [-0.3, -0.25) is 14.9 Å². The summed E-state index contributed by atoms with van der Waals surface area (Å²) in [7, 11) is -3.67. The van der Waals surface area contributed by atoms with E-state index in [1.807, 2.05) is 0 Å². The number of amides is 1. The molecular weight excluding hydrogens is 334 g/mol. The van der Waals surface area contributed by atoms with Crippen molar-refractivity contribution in [3.63, 3.8) is 0 Å². The van der Waals surface area contributed by atoms with Crippen molar-refractivity contribution < 1.29 is 18.1 Å². The Hall–Kier alpha value is -2.00. The van der Waals surface area contributed by atoms with Crippen LogP contribution in [0.2, 0.25) is 0 Å². The molecular formula is C15H21N3O5S. The number of nitrogens with two attached hydrogens (primary N) is 1. The number of likely N-dealkylation sites (tertiary alicyclic amines) is 1. The van der Waals surface area contributed by atoms with Crippen LogP contribution in [0.3, 0.4) is 0 Å². The first-order chi connectivity index (χ1) is 11.1. The maximum absolute atomic E-state index is 12.8. The van der Waals surface area contributed by atoms with Crippen molar-refractivity contribution >= 4 is 21.4 Å². The first kappa shape index (κ1) is 18.3. The summed E-state index contributed by atoms with van der Waals surface area (Å²) in [6, 6.07) is 3.12. The SMILES string of the molecule is CC1CCN(C(=O)c2cc([N+](=O)[O-])cc(S(C)(=O)=O)c2)C(CN)C1. The van der Waals surface area contributed by atoms with Crippen molar-refractivity contribution in [1.29, 1.82) is 0 Å². The van der Waals surface area contributed by atoms with E-state index in [9.17, 15) is 23.3 Å². The van der Waals surface area contributed by atoms with Crippen LogP contribution in [0.4, 0.5) is 5.69 Å². The highest BCUT2D eigenvalue weighted by atomic mass is 32.2. The number of nitrogens with zero attached hydrogens (tertiary/aromatic N) is 2. The Morgan fingerprint density at radius 1 is 1.42 bits per heavy atom. The van der Waals surface area contributed by atoms with Gasteiger partial charge in [-0.15, -0.1) is 0 Å². The van der Waals surface area contributed by atoms with Gasteiger partial charge in [0.15, 0.2) is 9.84 Å². The molecule has 2 rings (SSSR count). The smallest absolute Gasteiger partial charge is 0.271 e. The number of hydrogen-bond donors (Lipinski definition) is 1. The van der Waals surface area contributed by atoms with Crippen LogP contribution in [0.5, 0.6) is 0 Å². The van der Waals surface area contributed by atoms with Crippen molar-refractivity contribution in [3.05, 3.63) is 33.9 Å². The Morgan fingerprint density at radius 2 is 2.08 bits per heavy atom. The molecule has 0 bridgehead atoms. The summed E-state index contributed by atoms with van der Waals surface area (Å²) in [4.78, 5) is 24.5. The lowest BCUT2D eigenvalue weighted by Crippen LogP contribution is -2.49. The second kappa shape index (κ2) is 6.86. The molecule has 2 N–H and O–H groups in total. The van der Waals surface area contributed by atoms with Crippen molar-refractivity contribution in [1.82, 2.24) is 4.90 Å². The minimum atomic E-state index is -3.67. The average Bonchev–Trinajstić information content (AvgIpc) is 2.52. The Morgan fingerprint density at radius 3 is 2.62 bits per heavy atom.